The molecule has 2 rings (SSSR count). The Kier molecular flexibility index (Phi) is 5.83. The van der Waals surface area contributed by atoms with Crippen molar-refractivity contribution in [2.45, 2.75) is 51.5 Å². The van der Waals surface area contributed by atoms with Crippen LogP contribution in [0.4, 0.5) is 11.4 Å². The van der Waals surface area contributed by atoms with Crippen molar-refractivity contribution in [3.05, 3.63) is 44.0 Å². The number of amides is 1. The van der Waals surface area contributed by atoms with Crippen LogP contribution in [0.1, 0.15) is 44.6 Å². The van der Waals surface area contributed by atoms with E-state index in [1.54, 1.807) is 4.90 Å². The molecule has 130 valence electrons. The maximum atomic E-state index is 12.6. The van der Waals surface area contributed by atoms with Crippen LogP contribution in [-0.4, -0.2) is 33.2 Å². The van der Waals surface area contributed by atoms with E-state index in [-0.39, 0.29) is 35.3 Å². The van der Waals surface area contributed by atoms with Crippen LogP contribution in [0.15, 0.2) is 18.2 Å². The Bertz CT molecular complexity index is 641. The van der Waals surface area contributed by atoms with E-state index >= 15 is 0 Å². The van der Waals surface area contributed by atoms with Crippen molar-refractivity contribution in [2.24, 2.45) is 0 Å². The van der Waals surface area contributed by atoms with Crippen LogP contribution < -0.4 is 0 Å². The summed E-state index contributed by atoms with van der Waals surface area (Å²) in [6.45, 7) is 2.46. The number of benzene rings is 1. The summed E-state index contributed by atoms with van der Waals surface area (Å²) in [5.41, 5.74) is -0.514. The highest BCUT2D eigenvalue weighted by molar-refractivity contribution is 5.80. The molecule has 1 aliphatic rings. The average Bonchev–Trinajstić information content (AvgIpc) is 2.56. The third-order valence-electron chi connectivity index (χ3n) is 4.49. The van der Waals surface area contributed by atoms with Crippen LogP contribution in [0.25, 0.3) is 0 Å². The zero-order valence-electron chi connectivity index (χ0n) is 13.6. The summed E-state index contributed by atoms with van der Waals surface area (Å²) in [6.07, 6.45) is 5.16. The summed E-state index contributed by atoms with van der Waals surface area (Å²) in [7, 11) is 0. The van der Waals surface area contributed by atoms with Crippen molar-refractivity contribution in [3.63, 3.8) is 0 Å². The fraction of sp³-hybridized carbons (Fsp3) is 0.562. The Labute approximate surface area is 139 Å². The summed E-state index contributed by atoms with van der Waals surface area (Å²) in [4.78, 5) is 35.0. The molecule has 0 spiro atoms. The van der Waals surface area contributed by atoms with Gasteiger partial charge in [-0.1, -0.05) is 19.3 Å². The van der Waals surface area contributed by atoms with E-state index < -0.39 is 9.85 Å². The third kappa shape index (κ3) is 4.06. The molecule has 0 bridgehead atoms. The topological polar surface area (TPSA) is 107 Å². The molecule has 24 heavy (non-hydrogen) atoms. The zero-order valence-corrected chi connectivity index (χ0v) is 13.6. The molecule has 0 atom stereocenters. The smallest absolute Gasteiger partial charge is 0.279 e. The molecule has 8 heteroatoms. The second-order valence-corrected chi connectivity index (χ2v) is 5.98. The molecule has 1 aliphatic carbocycles. The van der Waals surface area contributed by atoms with Gasteiger partial charge in [-0.05, 0) is 25.8 Å². The van der Waals surface area contributed by atoms with Gasteiger partial charge in [-0.25, -0.2) is 0 Å². The van der Waals surface area contributed by atoms with E-state index in [4.69, 9.17) is 0 Å². The van der Waals surface area contributed by atoms with Crippen molar-refractivity contribution in [1.82, 2.24) is 4.90 Å². The molecule has 1 amide bonds. The highest BCUT2D eigenvalue weighted by atomic mass is 16.6. The quantitative estimate of drug-likeness (QED) is 0.586. The molecule has 0 aliphatic heterocycles. The first-order chi connectivity index (χ1) is 11.4. The normalized spacial score (nSPS) is 15.0. The van der Waals surface area contributed by atoms with E-state index in [1.807, 2.05) is 6.92 Å². The van der Waals surface area contributed by atoms with Gasteiger partial charge in [0.15, 0.2) is 0 Å². The number of hydrogen-bond acceptors (Lipinski definition) is 5. The maximum Gasteiger partial charge on any atom is 0.279 e. The summed E-state index contributed by atoms with van der Waals surface area (Å²) in [6, 6.07) is 3.61. The van der Waals surface area contributed by atoms with Crippen LogP contribution in [0.5, 0.6) is 0 Å². The Hall–Kier alpha value is -2.51. The predicted molar refractivity (Wildman–Crippen MR) is 87.7 cm³/mol. The van der Waals surface area contributed by atoms with Crippen LogP contribution in [0.3, 0.4) is 0 Å². The molecule has 0 heterocycles. The van der Waals surface area contributed by atoms with E-state index in [9.17, 15) is 25.0 Å². The van der Waals surface area contributed by atoms with E-state index in [1.165, 1.54) is 18.6 Å². The first-order valence-corrected chi connectivity index (χ1v) is 8.15. The largest absolute Gasteiger partial charge is 0.340 e. The SMILES string of the molecule is CCN(C(=O)Cc1ccc([N+](=O)[O-])cc1[N+](=O)[O-])C1CCCCC1. The molecular weight excluding hydrogens is 314 g/mol. The van der Waals surface area contributed by atoms with E-state index in [0.29, 0.717) is 6.54 Å². The van der Waals surface area contributed by atoms with Gasteiger partial charge in [0.1, 0.15) is 0 Å². The lowest BCUT2D eigenvalue weighted by atomic mass is 9.93. The number of carbonyl (C=O) groups is 1. The molecule has 0 radical (unpaired) electrons. The van der Waals surface area contributed by atoms with Gasteiger partial charge < -0.3 is 4.90 Å². The lowest BCUT2D eigenvalue weighted by Gasteiger charge is -2.33. The summed E-state index contributed by atoms with van der Waals surface area (Å²) >= 11 is 0. The van der Waals surface area contributed by atoms with Gasteiger partial charge in [-0.3, -0.25) is 25.0 Å². The van der Waals surface area contributed by atoms with Gasteiger partial charge in [0.05, 0.1) is 22.3 Å². The fourth-order valence-corrected chi connectivity index (χ4v) is 3.28. The van der Waals surface area contributed by atoms with Gasteiger partial charge >= 0.3 is 0 Å². The Morgan fingerprint density at radius 2 is 1.83 bits per heavy atom. The van der Waals surface area contributed by atoms with Crippen LogP contribution in [0.2, 0.25) is 0 Å². The summed E-state index contributed by atoms with van der Waals surface area (Å²) < 4.78 is 0. The van der Waals surface area contributed by atoms with E-state index in [0.717, 1.165) is 31.7 Å². The first-order valence-electron chi connectivity index (χ1n) is 8.15. The van der Waals surface area contributed by atoms with Crippen molar-refractivity contribution >= 4 is 17.3 Å². The zero-order chi connectivity index (χ0) is 17.7. The Morgan fingerprint density at radius 3 is 2.38 bits per heavy atom. The van der Waals surface area contributed by atoms with Crippen molar-refractivity contribution < 1.29 is 14.6 Å². The molecule has 0 unspecified atom stereocenters. The highest BCUT2D eigenvalue weighted by Gasteiger charge is 2.27. The first kappa shape index (κ1) is 17.8. The van der Waals surface area contributed by atoms with Gasteiger partial charge in [0.25, 0.3) is 11.4 Å². The van der Waals surface area contributed by atoms with Crippen LogP contribution >= 0.6 is 0 Å². The molecule has 0 N–H and O–H groups in total. The standard InChI is InChI=1S/C16H21N3O5/c1-2-17(13-6-4-3-5-7-13)16(20)10-12-8-9-14(18(21)22)11-15(12)19(23)24/h8-9,11,13H,2-7,10H2,1H3. The van der Waals surface area contributed by atoms with Crippen molar-refractivity contribution in [3.8, 4) is 0 Å². The number of nitro benzene ring substituents is 2. The number of rotatable bonds is 6. The average molecular weight is 335 g/mol. The number of hydrogen-bond donors (Lipinski definition) is 0. The molecule has 1 saturated carbocycles. The minimum absolute atomic E-state index is 0.112. The molecule has 1 fully saturated rings. The maximum absolute atomic E-state index is 12.6. The van der Waals surface area contributed by atoms with Gasteiger partial charge in [0.2, 0.25) is 5.91 Å². The number of carbonyl (C=O) groups excluding carboxylic acids is 1. The molecule has 0 saturated heterocycles. The molecule has 1 aromatic rings. The van der Waals surface area contributed by atoms with Gasteiger partial charge in [-0.15, -0.1) is 0 Å². The monoisotopic (exact) mass is 335 g/mol. The lowest BCUT2D eigenvalue weighted by Crippen LogP contribution is -2.42. The lowest BCUT2D eigenvalue weighted by molar-refractivity contribution is -0.394. The second kappa shape index (κ2) is 7.85. The van der Waals surface area contributed by atoms with Gasteiger partial charge in [-0.2, -0.15) is 0 Å². The minimum Gasteiger partial charge on any atom is -0.340 e. The number of nitrogens with zero attached hydrogens (tertiary/aromatic N) is 3. The van der Waals surface area contributed by atoms with Crippen molar-refractivity contribution in [2.75, 3.05) is 6.54 Å². The second-order valence-electron chi connectivity index (χ2n) is 5.98. The van der Waals surface area contributed by atoms with Crippen LogP contribution in [0, 0.1) is 20.2 Å². The van der Waals surface area contributed by atoms with Crippen LogP contribution in [-0.2, 0) is 11.2 Å². The highest BCUT2D eigenvalue weighted by Crippen LogP contribution is 2.27. The fourth-order valence-electron chi connectivity index (χ4n) is 3.28. The summed E-state index contributed by atoms with van der Waals surface area (Å²) in [5, 5.41) is 22.0. The molecule has 8 nitrogen and oxygen atoms in total. The number of nitro groups is 2. The van der Waals surface area contributed by atoms with Gasteiger partial charge in [0, 0.05) is 24.2 Å². The summed E-state index contributed by atoms with van der Waals surface area (Å²) in [5.74, 6) is -0.165. The Balaban J connectivity index is 2.20. The number of likely N-dealkylation sites (N-methyl/N-ethyl adjacent to an activating group) is 1. The molecule has 0 aromatic heterocycles. The van der Waals surface area contributed by atoms with Crippen molar-refractivity contribution in [1.29, 1.82) is 0 Å². The number of non-ortho nitro benzene ring substituents is 1. The molecule has 1 aromatic carbocycles. The minimum atomic E-state index is -0.682. The predicted octanol–water partition coefficient (Wildman–Crippen LogP) is 3.23. The molecular formula is C16H21N3O5. The van der Waals surface area contributed by atoms with E-state index in [2.05, 4.69) is 0 Å². The Morgan fingerprint density at radius 1 is 1.17 bits per heavy atom. The third-order valence-corrected chi connectivity index (χ3v) is 4.49.